The summed E-state index contributed by atoms with van der Waals surface area (Å²) in [4.78, 5) is 0. The summed E-state index contributed by atoms with van der Waals surface area (Å²) < 4.78 is 0. The van der Waals surface area contributed by atoms with Crippen molar-refractivity contribution < 1.29 is 0 Å². The van der Waals surface area contributed by atoms with E-state index < -0.39 is 0 Å². The predicted molar refractivity (Wildman–Crippen MR) is 56.5 cm³/mol. The first kappa shape index (κ1) is 9.51. The third kappa shape index (κ3) is 1.76. The molecule has 1 nitrogen and oxygen atoms in total. The Bertz CT molecular complexity index is 144. The molecule has 0 unspecified atom stereocenters. The lowest BCUT2D eigenvalue weighted by Gasteiger charge is -2.37. The lowest BCUT2D eigenvalue weighted by Crippen LogP contribution is -2.49. The van der Waals surface area contributed by atoms with E-state index in [2.05, 4.69) is 6.92 Å². The second kappa shape index (κ2) is 3.61. The van der Waals surface area contributed by atoms with Crippen molar-refractivity contribution in [2.24, 2.45) is 17.6 Å². The highest BCUT2D eigenvalue weighted by Crippen LogP contribution is 2.42. The molecule has 0 aliphatic heterocycles. The number of nitrogens with two attached hydrogens (primary N) is 1. The van der Waals surface area contributed by atoms with Crippen LogP contribution in [0, 0.1) is 11.8 Å². The highest BCUT2D eigenvalue weighted by molar-refractivity contribution is 4.96. The smallest absolute Gasteiger partial charge is 0.0182 e. The third-order valence-electron chi connectivity index (χ3n) is 4.47. The summed E-state index contributed by atoms with van der Waals surface area (Å²) in [6.07, 6.45) is 11.3. The van der Waals surface area contributed by atoms with Crippen LogP contribution >= 0.6 is 0 Å². The minimum atomic E-state index is 0.160. The molecule has 0 spiro atoms. The molecule has 2 fully saturated rings. The predicted octanol–water partition coefficient (Wildman–Crippen LogP) is 3.08. The maximum atomic E-state index is 6.53. The average Bonchev–Trinajstić information content (AvgIpc) is 2.78. The first-order chi connectivity index (χ1) is 6.21. The van der Waals surface area contributed by atoms with Gasteiger partial charge in [0.15, 0.2) is 0 Å². The van der Waals surface area contributed by atoms with Crippen molar-refractivity contribution in [3.63, 3.8) is 0 Å². The molecule has 0 saturated heterocycles. The van der Waals surface area contributed by atoms with E-state index in [1.165, 1.54) is 51.4 Å². The molecule has 0 aromatic carbocycles. The van der Waals surface area contributed by atoms with Gasteiger partial charge in [0.2, 0.25) is 0 Å². The van der Waals surface area contributed by atoms with Gasteiger partial charge < -0.3 is 5.73 Å². The molecule has 0 aromatic heterocycles. The van der Waals surface area contributed by atoms with Gasteiger partial charge in [-0.15, -0.1) is 0 Å². The van der Waals surface area contributed by atoms with Gasteiger partial charge in [0.05, 0.1) is 0 Å². The minimum Gasteiger partial charge on any atom is -0.325 e. The highest BCUT2D eigenvalue weighted by Gasteiger charge is 2.39. The van der Waals surface area contributed by atoms with Gasteiger partial charge in [0.25, 0.3) is 0 Å². The van der Waals surface area contributed by atoms with Crippen molar-refractivity contribution in [2.75, 3.05) is 0 Å². The fourth-order valence-electron chi connectivity index (χ4n) is 3.43. The van der Waals surface area contributed by atoms with Crippen LogP contribution in [0.2, 0.25) is 0 Å². The van der Waals surface area contributed by atoms with Crippen LogP contribution in [-0.4, -0.2) is 5.54 Å². The molecule has 0 radical (unpaired) electrons. The van der Waals surface area contributed by atoms with E-state index in [1.807, 2.05) is 0 Å². The van der Waals surface area contributed by atoms with E-state index in [-0.39, 0.29) is 5.54 Å². The maximum absolute atomic E-state index is 6.53. The van der Waals surface area contributed by atoms with Crippen LogP contribution < -0.4 is 5.73 Å². The van der Waals surface area contributed by atoms with Crippen LogP contribution in [0.3, 0.4) is 0 Å². The Balaban J connectivity index is 1.99. The quantitative estimate of drug-likeness (QED) is 0.696. The van der Waals surface area contributed by atoms with Crippen LogP contribution in [-0.2, 0) is 0 Å². The van der Waals surface area contributed by atoms with Gasteiger partial charge in [-0.2, -0.15) is 0 Å². The van der Waals surface area contributed by atoms with E-state index in [1.54, 1.807) is 0 Å². The standard InChI is InChI=1S/C12H23N/c1-12(13,10-6-2-3-7-10)11-8-4-5-9-11/h10-11H,2-9,13H2,1H3. The molecule has 2 aliphatic rings. The van der Waals surface area contributed by atoms with Crippen molar-refractivity contribution >= 4 is 0 Å². The SMILES string of the molecule is CC(N)(C1CCCC1)C1CCCC1. The lowest BCUT2D eigenvalue weighted by molar-refractivity contribution is 0.198. The maximum Gasteiger partial charge on any atom is 0.0182 e. The molecular formula is C12H23N. The van der Waals surface area contributed by atoms with Gasteiger partial charge in [-0.05, 0) is 44.4 Å². The average molecular weight is 181 g/mol. The summed E-state index contributed by atoms with van der Waals surface area (Å²) >= 11 is 0. The molecule has 0 atom stereocenters. The monoisotopic (exact) mass is 181 g/mol. The summed E-state index contributed by atoms with van der Waals surface area (Å²) in [6, 6.07) is 0. The van der Waals surface area contributed by atoms with Crippen molar-refractivity contribution in [1.29, 1.82) is 0 Å². The van der Waals surface area contributed by atoms with Crippen LogP contribution in [0.4, 0.5) is 0 Å². The van der Waals surface area contributed by atoms with Crippen LogP contribution in [0.5, 0.6) is 0 Å². The topological polar surface area (TPSA) is 26.0 Å². The zero-order chi connectivity index (χ0) is 9.31. The molecule has 13 heavy (non-hydrogen) atoms. The summed E-state index contributed by atoms with van der Waals surface area (Å²) in [6.45, 7) is 2.32. The van der Waals surface area contributed by atoms with Gasteiger partial charge in [0.1, 0.15) is 0 Å². The summed E-state index contributed by atoms with van der Waals surface area (Å²) in [5.41, 5.74) is 6.69. The molecule has 0 bridgehead atoms. The van der Waals surface area contributed by atoms with Crippen molar-refractivity contribution in [3.05, 3.63) is 0 Å². The Kier molecular flexibility index (Phi) is 2.64. The number of hydrogen-bond donors (Lipinski definition) is 1. The lowest BCUT2D eigenvalue weighted by atomic mass is 9.74. The third-order valence-corrected chi connectivity index (χ3v) is 4.47. The second-order valence-electron chi connectivity index (χ2n) is 5.33. The molecule has 0 amide bonds. The van der Waals surface area contributed by atoms with Crippen LogP contribution in [0.15, 0.2) is 0 Å². The fraction of sp³-hybridized carbons (Fsp3) is 1.00. The summed E-state index contributed by atoms with van der Waals surface area (Å²) in [5, 5.41) is 0. The van der Waals surface area contributed by atoms with Crippen LogP contribution in [0.1, 0.15) is 58.3 Å². The van der Waals surface area contributed by atoms with Gasteiger partial charge in [-0.3, -0.25) is 0 Å². The van der Waals surface area contributed by atoms with Crippen molar-refractivity contribution in [1.82, 2.24) is 0 Å². The zero-order valence-corrected chi connectivity index (χ0v) is 8.89. The van der Waals surface area contributed by atoms with E-state index in [0.717, 1.165) is 11.8 Å². The van der Waals surface area contributed by atoms with Gasteiger partial charge >= 0.3 is 0 Å². The molecular weight excluding hydrogens is 158 g/mol. The molecule has 2 N–H and O–H groups in total. The molecule has 2 saturated carbocycles. The van der Waals surface area contributed by atoms with E-state index in [0.29, 0.717) is 0 Å². The van der Waals surface area contributed by atoms with Crippen LogP contribution in [0.25, 0.3) is 0 Å². The minimum absolute atomic E-state index is 0.160. The Hall–Kier alpha value is -0.0400. The van der Waals surface area contributed by atoms with Crippen molar-refractivity contribution in [3.8, 4) is 0 Å². The molecule has 0 heterocycles. The van der Waals surface area contributed by atoms with Gasteiger partial charge in [0, 0.05) is 5.54 Å². The van der Waals surface area contributed by atoms with E-state index in [4.69, 9.17) is 5.73 Å². The fourth-order valence-corrected chi connectivity index (χ4v) is 3.43. The number of hydrogen-bond acceptors (Lipinski definition) is 1. The Morgan fingerprint density at radius 3 is 1.46 bits per heavy atom. The first-order valence-electron chi connectivity index (χ1n) is 6.00. The highest BCUT2D eigenvalue weighted by atomic mass is 14.8. The zero-order valence-electron chi connectivity index (χ0n) is 8.89. The molecule has 76 valence electrons. The largest absolute Gasteiger partial charge is 0.325 e. The summed E-state index contributed by atoms with van der Waals surface area (Å²) in [5.74, 6) is 1.66. The Labute approximate surface area is 82.1 Å². The van der Waals surface area contributed by atoms with E-state index >= 15 is 0 Å². The summed E-state index contributed by atoms with van der Waals surface area (Å²) in [7, 11) is 0. The second-order valence-corrected chi connectivity index (χ2v) is 5.33. The van der Waals surface area contributed by atoms with Gasteiger partial charge in [-0.25, -0.2) is 0 Å². The Morgan fingerprint density at radius 1 is 0.846 bits per heavy atom. The Morgan fingerprint density at radius 2 is 1.15 bits per heavy atom. The molecule has 2 rings (SSSR count). The van der Waals surface area contributed by atoms with E-state index in [9.17, 15) is 0 Å². The van der Waals surface area contributed by atoms with Gasteiger partial charge in [-0.1, -0.05) is 25.7 Å². The molecule has 1 heteroatoms. The normalized spacial score (nSPS) is 27.2. The first-order valence-corrected chi connectivity index (χ1v) is 6.00. The number of rotatable bonds is 2. The van der Waals surface area contributed by atoms with Crippen molar-refractivity contribution in [2.45, 2.75) is 63.8 Å². The molecule has 0 aromatic rings. The molecule has 2 aliphatic carbocycles.